The second-order valence-electron chi connectivity index (χ2n) is 2.03. The standard InChI is InChI=1S/C6H10N4O/c1-3-4-8-5(7-2)10-6(11)9-4/h3H2,1-2H3,(H2,7,8,9,10,11). The average Bonchev–Trinajstić information content (AvgIpc) is 2.03. The van der Waals surface area contributed by atoms with Crippen molar-refractivity contribution in [2.75, 3.05) is 12.4 Å². The number of hydrogen-bond acceptors (Lipinski definition) is 4. The highest BCUT2D eigenvalue weighted by Gasteiger charge is 1.96. The third-order valence-corrected chi connectivity index (χ3v) is 1.26. The molecule has 0 aliphatic heterocycles. The number of anilines is 1. The van der Waals surface area contributed by atoms with Crippen molar-refractivity contribution in [2.24, 2.45) is 0 Å². The van der Waals surface area contributed by atoms with E-state index < -0.39 is 0 Å². The Hall–Kier alpha value is -1.39. The average molecular weight is 154 g/mol. The lowest BCUT2D eigenvalue weighted by Gasteiger charge is -1.98. The third-order valence-electron chi connectivity index (χ3n) is 1.26. The van der Waals surface area contributed by atoms with Crippen LogP contribution in [0.1, 0.15) is 12.7 Å². The molecule has 0 bridgehead atoms. The van der Waals surface area contributed by atoms with Crippen LogP contribution in [-0.2, 0) is 6.42 Å². The molecule has 0 aliphatic rings. The number of H-pyrrole nitrogens is 1. The fraction of sp³-hybridized carbons (Fsp3) is 0.500. The van der Waals surface area contributed by atoms with Crippen LogP contribution in [0.2, 0.25) is 0 Å². The first-order chi connectivity index (χ1) is 5.26. The van der Waals surface area contributed by atoms with E-state index in [-0.39, 0.29) is 5.69 Å². The number of aryl methyl sites for hydroxylation is 1. The van der Waals surface area contributed by atoms with Crippen molar-refractivity contribution in [3.05, 3.63) is 16.3 Å². The van der Waals surface area contributed by atoms with Gasteiger partial charge in [-0.3, -0.25) is 4.98 Å². The molecule has 0 amide bonds. The van der Waals surface area contributed by atoms with Gasteiger partial charge in [-0.15, -0.1) is 0 Å². The van der Waals surface area contributed by atoms with Gasteiger partial charge in [0.2, 0.25) is 5.95 Å². The van der Waals surface area contributed by atoms with E-state index in [0.29, 0.717) is 18.2 Å². The van der Waals surface area contributed by atoms with Gasteiger partial charge in [0.1, 0.15) is 5.82 Å². The van der Waals surface area contributed by atoms with Crippen molar-refractivity contribution >= 4 is 5.95 Å². The van der Waals surface area contributed by atoms with E-state index in [1.54, 1.807) is 7.05 Å². The van der Waals surface area contributed by atoms with Crippen LogP contribution in [0.3, 0.4) is 0 Å². The van der Waals surface area contributed by atoms with Gasteiger partial charge in [-0.25, -0.2) is 4.79 Å². The Kier molecular flexibility index (Phi) is 2.20. The molecular weight excluding hydrogens is 144 g/mol. The fourth-order valence-electron chi connectivity index (χ4n) is 0.708. The van der Waals surface area contributed by atoms with Crippen molar-refractivity contribution in [2.45, 2.75) is 13.3 Å². The lowest BCUT2D eigenvalue weighted by molar-refractivity contribution is 0.870. The van der Waals surface area contributed by atoms with E-state index in [1.807, 2.05) is 6.92 Å². The molecule has 0 atom stereocenters. The van der Waals surface area contributed by atoms with Gasteiger partial charge in [-0.2, -0.15) is 9.97 Å². The molecule has 0 saturated carbocycles. The minimum Gasteiger partial charge on any atom is -0.357 e. The summed E-state index contributed by atoms with van der Waals surface area (Å²) in [5.74, 6) is 1.01. The lowest BCUT2D eigenvalue weighted by Crippen LogP contribution is -2.16. The maximum absolute atomic E-state index is 10.8. The van der Waals surface area contributed by atoms with Crippen LogP contribution in [0.15, 0.2) is 4.79 Å². The zero-order chi connectivity index (χ0) is 8.27. The van der Waals surface area contributed by atoms with Gasteiger partial charge in [0, 0.05) is 13.5 Å². The first kappa shape index (κ1) is 7.71. The van der Waals surface area contributed by atoms with Gasteiger partial charge < -0.3 is 5.32 Å². The molecule has 11 heavy (non-hydrogen) atoms. The van der Waals surface area contributed by atoms with Gasteiger partial charge >= 0.3 is 5.69 Å². The van der Waals surface area contributed by atoms with Gasteiger partial charge in [-0.1, -0.05) is 6.92 Å². The molecule has 0 aromatic carbocycles. The summed E-state index contributed by atoms with van der Waals surface area (Å²) in [5, 5.41) is 2.70. The Morgan fingerprint density at radius 1 is 1.55 bits per heavy atom. The molecule has 1 heterocycles. The number of aromatic nitrogens is 3. The summed E-state index contributed by atoms with van der Waals surface area (Å²) in [6.45, 7) is 1.91. The largest absolute Gasteiger partial charge is 0.357 e. The third kappa shape index (κ3) is 1.76. The second kappa shape index (κ2) is 3.14. The van der Waals surface area contributed by atoms with Crippen molar-refractivity contribution in [1.29, 1.82) is 0 Å². The van der Waals surface area contributed by atoms with E-state index in [2.05, 4.69) is 20.3 Å². The van der Waals surface area contributed by atoms with Crippen LogP contribution in [0.25, 0.3) is 0 Å². The van der Waals surface area contributed by atoms with E-state index in [1.165, 1.54) is 0 Å². The van der Waals surface area contributed by atoms with E-state index in [4.69, 9.17) is 0 Å². The summed E-state index contributed by atoms with van der Waals surface area (Å²) >= 11 is 0. The highest BCUT2D eigenvalue weighted by molar-refractivity contribution is 5.20. The first-order valence-electron chi connectivity index (χ1n) is 3.41. The molecule has 0 fully saturated rings. The van der Waals surface area contributed by atoms with Crippen LogP contribution in [0.4, 0.5) is 5.95 Å². The summed E-state index contributed by atoms with van der Waals surface area (Å²) in [6, 6.07) is 0. The summed E-state index contributed by atoms with van der Waals surface area (Å²) < 4.78 is 0. The Bertz CT molecular complexity index is 268. The lowest BCUT2D eigenvalue weighted by atomic mass is 10.5. The Labute approximate surface area is 63.9 Å². The molecule has 0 saturated heterocycles. The second-order valence-corrected chi connectivity index (χ2v) is 2.03. The van der Waals surface area contributed by atoms with E-state index in [0.717, 1.165) is 0 Å². The number of nitrogens with zero attached hydrogens (tertiary/aromatic N) is 2. The predicted molar refractivity (Wildman–Crippen MR) is 41.6 cm³/mol. The van der Waals surface area contributed by atoms with Gasteiger partial charge in [0.15, 0.2) is 0 Å². The van der Waals surface area contributed by atoms with Crippen molar-refractivity contribution < 1.29 is 0 Å². The maximum Gasteiger partial charge on any atom is 0.349 e. The quantitative estimate of drug-likeness (QED) is 0.617. The van der Waals surface area contributed by atoms with Crippen LogP contribution in [-0.4, -0.2) is 22.0 Å². The number of hydrogen-bond donors (Lipinski definition) is 2. The van der Waals surface area contributed by atoms with Gasteiger partial charge in [-0.05, 0) is 0 Å². The molecule has 0 radical (unpaired) electrons. The molecule has 1 rings (SSSR count). The number of rotatable bonds is 2. The highest BCUT2D eigenvalue weighted by atomic mass is 16.1. The summed E-state index contributed by atoms with van der Waals surface area (Å²) in [7, 11) is 1.67. The van der Waals surface area contributed by atoms with Gasteiger partial charge in [0.05, 0.1) is 0 Å². The maximum atomic E-state index is 10.8. The van der Waals surface area contributed by atoms with Crippen molar-refractivity contribution in [3.8, 4) is 0 Å². The Morgan fingerprint density at radius 2 is 2.27 bits per heavy atom. The molecule has 5 heteroatoms. The molecule has 5 nitrogen and oxygen atoms in total. The van der Waals surface area contributed by atoms with Crippen LogP contribution in [0.5, 0.6) is 0 Å². The zero-order valence-corrected chi connectivity index (χ0v) is 6.51. The SMILES string of the molecule is CCc1nc(NC)nc(=O)[nH]1. The highest BCUT2D eigenvalue weighted by Crippen LogP contribution is 1.92. The summed E-state index contributed by atoms with van der Waals surface area (Å²) in [6.07, 6.45) is 0.701. The monoisotopic (exact) mass is 154 g/mol. The molecule has 0 unspecified atom stereocenters. The molecule has 1 aromatic heterocycles. The smallest absolute Gasteiger partial charge is 0.349 e. The minimum absolute atomic E-state index is 0.360. The molecular formula is C6H10N4O. The van der Waals surface area contributed by atoms with Crippen LogP contribution in [0, 0.1) is 0 Å². The zero-order valence-electron chi connectivity index (χ0n) is 6.51. The van der Waals surface area contributed by atoms with Gasteiger partial charge in [0.25, 0.3) is 0 Å². The summed E-state index contributed by atoms with van der Waals surface area (Å²) in [5.41, 5.74) is -0.360. The Balaban J connectivity index is 3.12. The predicted octanol–water partition coefficient (Wildman–Crippen LogP) is -0.231. The van der Waals surface area contributed by atoms with E-state index >= 15 is 0 Å². The first-order valence-corrected chi connectivity index (χ1v) is 3.41. The van der Waals surface area contributed by atoms with Crippen molar-refractivity contribution in [3.63, 3.8) is 0 Å². The Morgan fingerprint density at radius 3 is 2.82 bits per heavy atom. The fourth-order valence-corrected chi connectivity index (χ4v) is 0.708. The van der Waals surface area contributed by atoms with Crippen LogP contribution >= 0.6 is 0 Å². The normalized spacial score (nSPS) is 9.64. The minimum atomic E-state index is -0.360. The number of nitrogens with one attached hydrogen (secondary N) is 2. The summed E-state index contributed by atoms with van der Waals surface area (Å²) in [4.78, 5) is 20.9. The molecule has 60 valence electrons. The molecule has 1 aromatic rings. The number of aromatic amines is 1. The van der Waals surface area contributed by atoms with Crippen molar-refractivity contribution in [1.82, 2.24) is 15.0 Å². The molecule has 0 spiro atoms. The molecule has 2 N–H and O–H groups in total. The van der Waals surface area contributed by atoms with Crippen LogP contribution < -0.4 is 11.0 Å². The topological polar surface area (TPSA) is 70.7 Å². The van der Waals surface area contributed by atoms with E-state index in [9.17, 15) is 4.79 Å². The molecule has 0 aliphatic carbocycles.